The number of hydrogen-bond acceptors (Lipinski definition) is 4. The van der Waals surface area contributed by atoms with Crippen molar-refractivity contribution in [1.29, 1.82) is 0 Å². The molecule has 0 saturated carbocycles. The van der Waals surface area contributed by atoms with Gasteiger partial charge in [-0.1, -0.05) is 66.7 Å². The van der Waals surface area contributed by atoms with Crippen LogP contribution in [0.2, 0.25) is 0 Å². The molecule has 1 aliphatic rings. The van der Waals surface area contributed by atoms with Gasteiger partial charge in [0.25, 0.3) is 11.8 Å². The number of hydrogen-bond donors (Lipinski definition) is 0. The minimum Gasteiger partial charge on any atom is -0.267 e. The molecule has 3 aromatic rings. The van der Waals surface area contributed by atoms with E-state index >= 15 is 0 Å². The van der Waals surface area contributed by atoms with Gasteiger partial charge >= 0.3 is 0 Å². The van der Waals surface area contributed by atoms with Crippen LogP contribution >= 0.6 is 11.9 Å². The maximum absolute atomic E-state index is 13.1. The van der Waals surface area contributed by atoms with Gasteiger partial charge in [0, 0.05) is 4.90 Å². The molecular weight excluding hydrogens is 368 g/mol. The first-order chi connectivity index (χ1) is 13.7. The molecule has 4 rings (SSSR count). The van der Waals surface area contributed by atoms with Crippen LogP contribution in [0.1, 0.15) is 32.3 Å². The van der Waals surface area contributed by atoms with Crippen LogP contribution in [0.5, 0.6) is 0 Å². The lowest BCUT2D eigenvalue weighted by Gasteiger charge is -2.34. The average Bonchev–Trinajstić information content (AvgIpc) is 3.00. The van der Waals surface area contributed by atoms with E-state index in [1.54, 1.807) is 34.8 Å². The standard InChI is InChI=1S/C23H18N2O2S/c1-2-21(17-11-5-3-6-12-17)25(28-18-13-7-4-8-14-18)24-22(26)19-15-9-10-16-20(19)23(24)27/h2-16,21H,1H2/t21-/m1/s1. The molecule has 1 atom stereocenters. The summed E-state index contributed by atoms with van der Waals surface area (Å²) >= 11 is 1.34. The average molecular weight is 386 g/mol. The second-order valence-electron chi connectivity index (χ2n) is 6.27. The Labute approximate surface area is 168 Å². The summed E-state index contributed by atoms with van der Waals surface area (Å²) in [6, 6.07) is 25.9. The maximum Gasteiger partial charge on any atom is 0.277 e. The molecule has 0 fully saturated rings. The van der Waals surface area contributed by atoms with Gasteiger partial charge in [-0.25, -0.2) is 0 Å². The van der Waals surface area contributed by atoms with Crippen molar-refractivity contribution in [3.8, 4) is 0 Å². The van der Waals surface area contributed by atoms with Crippen LogP contribution in [0.25, 0.3) is 0 Å². The fraction of sp³-hybridized carbons (Fsp3) is 0.0435. The number of imide groups is 1. The van der Waals surface area contributed by atoms with E-state index in [4.69, 9.17) is 0 Å². The van der Waals surface area contributed by atoms with Crippen molar-refractivity contribution in [2.45, 2.75) is 10.9 Å². The number of hydrazine groups is 1. The van der Waals surface area contributed by atoms with Crippen molar-refractivity contribution in [2.75, 3.05) is 0 Å². The second kappa shape index (κ2) is 7.84. The fourth-order valence-electron chi connectivity index (χ4n) is 3.17. The molecule has 2 amide bonds. The molecule has 0 aliphatic carbocycles. The Kier molecular flexibility index (Phi) is 5.10. The van der Waals surface area contributed by atoms with E-state index in [2.05, 4.69) is 6.58 Å². The number of benzene rings is 3. The predicted octanol–water partition coefficient (Wildman–Crippen LogP) is 5.13. The SMILES string of the molecule is C=C[C@H](c1ccccc1)N(Sc1ccccc1)N1C(=O)c2ccccc2C1=O. The molecule has 0 aromatic heterocycles. The van der Waals surface area contributed by atoms with Crippen molar-refractivity contribution in [1.82, 2.24) is 9.42 Å². The van der Waals surface area contributed by atoms with Crippen LogP contribution in [0.3, 0.4) is 0 Å². The molecule has 3 aromatic carbocycles. The van der Waals surface area contributed by atoms with Crippen molar-refractivity contribution < 1.29 is 9.59 Å². The summed E-state index contributed by atoms with van der Waals surface area (Å²) < 4.78 is 1.71. The van der Waals surface area contributed by atoms with Gasteiger partial charge in [0.2, 0.25) is 0 Å². The summed E-state index contributed by atoms with van der Waals surface area (Å²) in [6.45, 7) is 3.97. The van der Waals surface area contributed by atoms with E-state index in [0.717, 1.165) is 10.5 Å². The van der Waals surface area contributed by atoms with Crippen LogP contribution < -0.4 is 0 Å². The van der Waals surface area contributed by atoms with Crippen LogP contribution in [-0.4, -0.2) is 21.2 Å². The van der Waals surface area contributed by atoms with Gasteiger partial charge in [0.05, 0.1) is 17.2 Å². The molecule has 0 saturated heterocycles. The lowest BCUT2D eigenvalue weighted by Crippen LogP contribution is -2.43. The van der Waals surface area contributed by atoms with Crippen molar-refractivity contribution >= 4 is 23.8 Å². The van der Waals surface area contributed by atoms with Gasteiger partial charge in [-0.15, -0.1) is 11.0 Å². The van der Waals surface area contributed by atoms with Crippen molar-refractivity contribution in [3.05, 3.63) is 114 Å². The smallest absolute Gasteiger partial charge is 0.267 e. The summed E-state index contributed by atoms with van der Waals surface area (Å²) in [6.07, 6.45) is 1.74. The zero-order chi connectivity index (χ0) is 19.5. The monoisotopic (exact) mass is 386 g/mol. The number of amides is 2. The van der Waals surface area contributed by atoms with E-state index in [1.807, 2.05) is 60.7 Å². The van der Waals surface area contributed by atoms with Crippen LogP contribution in [0, 0.1) is 0 Å². The summed E-state index contributed by atoms with van der Waals surface area (Å²) in [5, 5.41) is 1.22. The number of carbonyl (C=O) groups is 2. The van der Waals surface area contributed by atoms with E-state index in [-0.39, 0.29) is 17.9 Å². The molecule has 4 nitrogen and oxygen atoms in total. The molecule has 0 unspecified atom stereocenters. The van der Waals surface area contributed by atoms with Crippen LogP contribution in [-0.2, 0) is 0 Å². The predicted molar refractivity (Wildman–Crippen MR) is 110 cm³/mol. The van der Waals surface area contributed by atoms with Gasteiger partial charge in [-0.05, 0) is 41.8 Å². The van der Waals surface area contributed by atoms with Gasteiger partial charge in [0.1, 0.15) is 0 Å². The molecule has 138 valence electrons. The summed E-state index contributed by atoms with van der Waals surface area (Å²) in [4.78, 5) is 27.1. The first-order valence-electron chi connectivity index (χ1n) is 8.88. The minimum atomic E-state index is -0.367. The fourth-order valence-corrected chi connectivity index (χ4v) is 4.22. The highest BCUT2D eigenvalue weighted by atomic mass is 32.2. The Hall–Kier alpha value is -3.15. The Morgan fingerprint density at radius 2 is 1.29 bits per heavy atom. The molecular formula is C23H18N2O2S. The van der Waals surface area contributed by atoms with Gasteiger partial charge < -0.3 is 0 Å². The first-order valence-corrected chi connectivity index (χ1v) is 9.65. The number of nitrogens with zero attached hydrogens (tertiary/aromatic N) is 2. The molecule has 1 aliphatic heterocycles. The molecule has 0 spiro atoms. The van der Waals surface area contributed by atoms with E-state index in [0.29, 0.717) is 11.1 Å². The third kappa shape index (κ3) is 3.26. The molecule has 0 N–H and O–H groups in total. The Morgan fingerprint density at radius 1 is 0.786 bits per heavy atom. The lowest BCUT2D eigenvalue weighted by molar-refractivity contribution is 0.0307. The topological polar surface area (TPSA) is 40.6 Å². The Morgan fingerprint density at radius 3 is 1.82 bits per heavy atom. The second-order valence-corrected chi connectivity index (χ2v) is 7.29. The summed E-state index contributed by atoms with van der Waals surface area (Å²) in [7, 11) is 0. The first kappa shape index (κ1) is 18.2. The molecule has 0 bridgehead atoms. The Bertz CT molecular complexity index is 986. The number of rotatable bonds is 6. The van der Waals surface area contributed by atoms with E-state index < -0.39 is 0 Å². The van der Waals surface area contributed by atoms with Crippen molar-refractivity contribution in [2.24, 2.45) is 0 Å². The normalized spacial score (nSPS) is 14.2. The summed E-state index contributed by atoms with van der Waals surface area (Å²) in [5.74, 6) is -0.654. The molecule has 28 heavy (non-hydrogen) atoms. The number of fused-ring (bicyclic) bond motifs is 1. The van der Waals surface area contributed by atoms with Gasteiger partial charge in [0.15, 0.2) is 0 Å². The third-order valence-corrected chi connectivity index (χ3v) is 5.57. The quantitative estimate of drug-likeness (QED) is 0.334. The van der Waals surface area contributed by atoms with E-state index in [1.165, 1.54) is 17.0 Å². The van der Waals surface area contributed by atoms with E-state index in [9.17, 15) is 9.59 Å². The zero-order valence-electron chi connectivity index (χ0n) is 15.1. The zero-order valence-corrected chi connectivity index (χ0v) is 15.9. The largest absolute Gasteiger partial charge is 0.277 e. The van der Waals surface area contributed by atoms with Gasteiger partial charge in [-0.3, -0.25) is 9.59 Å². The highest BCUT2D eigenvalue weighted by Gasteiger charge is 2.42. The number of carbonyl (C=O) groups excluding carboxylic acids is 2. The van der Waals surface area contributed by atoms with Gasteiger partial charge in [-0.2, -0.15) is 5.01 Å². The van der Waals surface area contributed by atoms with Crippen molar-refractivity contribution in [3.63, 3.8) is 0 Å². The highest BCUT2D eigenvalue weighted by molar-refractivity contribution is 7.97. The molecule has 5 heteroatoms. The summed E-state index contributed by atoms with van der Waals surface area (Å²) in [5.41, 5.74) is 1.78. The van der Waals surface area contributed by atoms with Crippen LogP contribution in [0.15, 0.2) is 102 Å². The minimum absolute atomic E-state index is 0.327. The Balaban J connectivity index is 1.78. The molecule has 1 heterocycles. The third-order valence-electron chi connectivity index (χ3n) is 4.51. The highest BCUT2D eigenvalue weighted by Crippen LogP contribution is 2.38. The maximum atomic E-state index is 13.1. The molecule has 0 radical (unpaired) electrons. The van der Waals surface area contributed by atoms with Crippen LogP contribution in [0.4, 0.5) is 0 Å². The lowest BCUT2D eigenvalue weighted by atomic mass is 10.1.